The maximum atomic E-state index is 4.37. The lowest BCUT2D eigenvalue weighted by Gasteiger charge is -2.32. The van der Waals surface area contributed by atoms with Crippen molar-refractivity contribution in [3.63, 3.8) is 0 Å². The highest BCUT2D eigenvalue weighted by Gasteiger charge is 2.18. The lowest BCUT2D eigenvalue weighted by atomic mass is 10.0. The van der Waals surface area contributed by atoms with Gasteiger partial charge in [0, 0.05) is 18.8 Å². The number of pyridine rings is 1. The number of aromatic nitrogens is 1. The van der Waals surface area contributed by atoms with Crippen LogP contribution < -0.4 is 5.32 Å². The molecule has 0 amide bonds. The van der Waals surface area contributed by atoms with Crippen LogP contribution in [-0.4, -0.2) is 36.1 Å². The number of likely N-dealkylation sites (tertiary alicyclic amines) is 1. The van der Waals surface area contributed by atoms with E-state index in [0.29, 0.717) is 6.04 Å². The van der Waals surface area contributed by atoms with E-state index in [4.69, 9.17) is 0 Å². The van der Waals surface area contributed by atoms with Crippen LogP contribution in [0.4, 0.5) is 5.82 Å². The first-order chi connectivity index (χ1) is 8.29. The number of anilines is 1. The van der Waals surface area contributed by atoms with Crippen molar-refractivity contribution in [2.75, 3.05) is 25.5 Å². The van der Waals surface area contributed by atoms with Gasteiger partial charge in [0.15, 0.2) is 0 Å². The molecule has 0 spiro atoms. The quantitative estimate of drug-likeness (QED) is 0.866. The molecule has 1 atom stereocenters. The Morgan fingerprint density at radius 1 is 1.47 bits per heavy atom. The molecule has 1 unspecified atom stereocenters. The van der Waals surface area contributed by atoms with Crippen LogP contribution in [0.15, 0.2) is 18.3 Å². The Morgan fingerprint density at radius 3 is 3.12 bits per heavy atom. The topological polar surface area (TPSA) is 28.2 Å². The molecule has 2 rings (SSSR count). The summed E-state index contributed by atoms with van der Waals surface area (Å²) in [4.78, 5) is 6.83. The minimum Gasteiger partial charge on any atom is -0.368 e. The molecule has 94 valence electrons. The van der Waals surface area contributed by atoms with Gasteiger partial charge in [-0.1, -0.05) is 13.3 Å². The SMILES string of the molecule is CCc1ccnc(NCC2CCCCN2C)c1. The molecule has 1 saturated heterocycles. The first kappa shape index (κ1) is 12.4. The van der Waals surface area contributed by atoms with E-state index in [1.54, 1.807) is 0 Å². The molecule has 0 radical (unpaired) electrons. The zero-order chi connectivity index (χ0) is 12.1. The second-order valence-corrected chi connectivity index (χ2v) is 4.91. The molecule has 17 heavy (non-hydrogen) atoms. The maximum absolute atomic E-state index is 4.37. The smallest absolute Gasteiger partial charge is 0.126 e. The summed E-state index contributed by atoms with van der Waals surface area (Å²) < 4.78 is 0. The molecule has 3 nitrogen and oxygen atoms in total. The number of nitrogens with zero attached hydrogens (tertiary/aromatic N) is 2. The monoisotopic (exact) mass is 233 g/mol. The lowest BCUT2D eigenvalue weighted by molar-refractivity contribution is 0.194. The van der Waals surface area contributed by atoms with Gasteiger partial charge in [0.2, 0.25) is 0 Å². The molecule has 0 bridgehead atoms. The number of hydrogen-bond acceptors (Lipinski definition) is 3. The Hall–Kier alpha value is -1.09. The Labute approximate surface area is 104 Å². The fraction of sp³-hybridized carbons (Fsp3) is 0.643. The summed E-state index contributed by atoms with van der Waals surface area (Å²) in [7, 11) is 2.22. The van der Waals surface area contributed by atoms with Crippen LogP contribution in [0.2, 0.25) is 0 Å². The van der Waals surface area contributed by atoms with E-state index < -0.39 is 0 Å². The van der Waals surface area contributed by atoms with Gasteiger partial charge >= 0.3 is 0 Å². The van der Waals surface area contributed by atoms with E-state index >= 15 is 0 Å². The van der Waals surface area contributed by atoms with E-state index in [1.807, 2.05) is 6.20 Å². The molecule has 1 aromatic rings. The molecule has 3 heteroatoms. The maximum Gasteiger partial charge on any atom is 0.126 e. The Bertz CT molecular complexity index is 351. The summed E-state index contributed by atoms with van der Waals surface area (Å²) >= 11 is 0. The van der Waals surface area contributed by atoms with Gasteiger partial charge in [-0.25, -0.2) is 4.98 Å². The standard InChI is InChI=1S/C14H23N3/c1-3-12-7-8-15-14(10-12)16-11-13-6-4-5-9-17(13)2/h7-8,10,13H,3-6,9,11H2,1-2H3,(H,15,16). The van der Waals surface area contributed by atoms with Gasteiger partial charge in [0.05, 0.1) is 0 Å². The predicted octanol–water partition coefficient (Wildman–Crippen LogP) is 2.54. The van der Waals surface area contributed by atoms with E-state index in [9.17, 15) is 0 Å². The number of nitrogens with one attached hydrogen (secondary N) is 1. The summed E-state index contributed by atoms with van der Waals surface area (Å²) in [6.07, 6.45) is 6.97. The van der Waals surface area contributed by atoms with Crippen LogP contribution in [0.3, 0.4) is 0 Å². The van der Waals surface area contributed by atoms with Crippen LogP contribution in [0.5, 0.6) is 0 Å². The highest BCUT2D eigenvalue weighted by Crippen LogP contribution is 2.15. The van der Waals surface area contributed by atoms with Crippen molar-refractivity contribution >= 4 is 5.82 Å². The second-order valence-electron chi connectivity index (χ2n) is 4.91. The normalized spacial score (nSPS) is 21.4. The first-order valence-electron chi connectivity index (χ1n) is 6.68. The van der Waals surface area contributed by atoms with Crippen molar-refractivity contribution in [1.29, 1.82) is 0 Å². The summed E-state index contributed by atoms with van der Waals surface area (Å²) in [5, 5.41) is 3.47. The molecule has 0 aliphatic carbocycles. The summed E-state index contributed by atoms with van der Waals surface area (Å²) in [6, 6.07) is 4.90. The average Bonchev–Trinajstić information content (AvgIpc) is 2.38. The zero-order valence-corrected chi connectivity index (χ0v) is 10.9. The summed E-state index contributed by atoms with van der Waals surface area (Å²) in [6.45, 7) is 4.42. The lowest BCUT2D eigenvalue weighted by Crippen LogP contribution is -2.40. The molecule has 2 heterocycles. The number of hydrogen-bond donors (Lipinski definition) is 1. The summed E-state index contributed by atoms with van der Waals surface area (Å²) in [5.74, 6) is 1.02. The fourth-order valence-corrected chi connectivity index (χ4v) is 2.42. The molecule has 0 saturated carbocycles. The number of aryl methyl sites for hydroxylation is 1. The molecule has 0 aromatic carbocycles. The van der Waals surface area contributed by atoms with Gasteiger partial charge in [0.1, 0.15) is 5.82 Å². The van der Waals surface area contributed by atoms with Gasteiger partial charge in [-0.2, -0.15) is 0 Å². The first-order valence-corrected chi connectivity index (χ1v) is 6.68. The number of likely N-dealkylation sites (N-methyl/N-ethyl adjacent to an activating group) is 1. The van der Waals surface area contributed by atoms with Crippen molar-refractivity contribution in [3.8, 4) is 0 Å². The zero-order valence-electron chi connectivity index (χ0n) is 10.9. The fourth-order valence-electron chi connectivity index (χ4n) is 2.42. The van der Waals surface area contributed by atoms with Crippen LogP contribution in [0, 0.1) is 0 Å². The number of piperidine rings is 1. The third kappa shape index (κ3) is 3.43. The minimum atomic E-state index is 0.663. The highest BCUT2D eigenvalue weighted by molar-refractivity contribution is 5.37. The van der Waals surface area contributed by atoms with Crippen molar-refractivity contribution in [1.82, 2.24) is 9.88 Å². The van der Waals surface area contributed by atoms with Gasteiger partial charge < -0.3 is 10.2 Å². The van der Waals surface area contributed by atoms with Crippen LogP contribution in [0.25, 0.3) is 0 Å². The van der Waals surface area contributed by atoms with Crippen LogP contribution >= 0.6 is 0 Å². The van der Waals surface area contributed by atoms with Crippen molar-refractivity contribution in [2.45, 2.75) is 38.6 Å². The minimum absolute atomic E-state index is 0.663. The number of rotatable bonds is 4. The van der Waals surface area contributed by atoms with E-state index in [2.05, 4.69) is 41.3 Å². The highest BCUT2D eigenvalue weighted by atomic mass is 15.2. The average molecular weight is 233 g/mol. The van der Waals surface area contributed by atoms with Crippen molar-refractivity contribution in [3.05, 3.63) is 23.9 Å². The second kappa shape index (κ2) is 6.01. The molecule has 1 aliphatic rings. The predicted molar refractivity (Wildman–Crippen MR) is 72.4 cm³/mol. The third-order valence-corrected chi connectivity index (χ3v) is 3.67. The van der Waals surface area contributed by atoms with Crippen molar-refractivity contribution < 1.29 is 0 Å². The Balaban J connectivity index is 1.88. The molecule has 1 aliphatic heterocycles. The Kier molecular flexibility index (Phi) is 4.37. The molecule has 1 N–H and O–H groups in total. The van der Waals surface area contributed by atoms with E-state index in [0.717, 1.165) is 18.8 Å². The third-order valence-electron chi connectivity index (χ3n) is 3.67. The molecule has 1 fully saturated rings. The van der Waals surface area contributed by atoms with Crippen molar-refractivity contribution in [2.24, 2.45) is 0 Å². The molecular formula is C14H23N3. The summed E-state index contributed by atoms with van der Waals surface area (Å²) in [5.41, 5.74) is 1.35. The van der Waals surface area contributed by atoms with E-state index in [-0.39, 0.29) is 0 Å². The van der Waals surface area contributed by atoms with Gasteiger partial charge in [-0.15, -0.1) is 0 Å². The van der Waals surface area contributed by atoms with Gasteiger partial charge in [-0.3, -0.25) is 0 Å². The van der Waals surface area contributed by atoms with Crippen LogP contribution in [-0.2, 0) is 6.42 Å². The van der Waals surface area contributed by atoms with E-state index in [1.165, 1.54) is 31.4 Å². The molecule has 1 aromatic heterocycles. The largest absolute Gasteiger partial charge is 0.368 e. The molecular weight excluding hydrogens is 210 g/mol. The van der Waals surface area contributed by atoms with Gasteiger partial charge in [-0.05, 0) is 50.6 Å². The van der Waals surface area contributed by atoms with Crippen LogP contribution in [0.1, 0.15) is 31.7 Å². The van der Waals surface area contributed by atoms with Gasteiger partial charge in [0.25, 0.3) is 0 Å². The Morgan fingerprint density at radius 2 is 2.35 bits per heavy atom.